The molecule has 25 heavy (non-hydrogen) atoms. The maximum atomic E-state index is 11.8. The highest BCUT2D eigenvalue weighted by Gasteiger charge is 2.17. The van der Waals surface area contributed by atoms with E-state index in [1.807, 2.05) is 0 Å². The number of carbonyl (C=O) groups excluding carboxylic acids is 2. The van der Waals surface area contributed by atoms with Gasteiger partial charge in [0, 0.05) is 5.69 Å². The quantitative estimate of drug-likeness (QED) is 0.643. The van der Waals surface area contributed by atoms with Gasteiger partial charge >= 0.3 is 6.09 Å². The second-order valence-electron chi connectivity index (χ2n) is 6.24. The number of carbonyl (C=O) groups is 2. The molecule has 0 bridgehead atoms. The predicted octanol–water partition coefficient (Wildman–Crippen LogP) is 3.62. The van der Waals surface area contributed by atoms with E-state index in [4.69, 9.17) is 9.47 Å². The lowest BCUT2D eigenvalue weighted by Gasteiger charge is -2.19. The van der Waals surface area contributed by atoms with E-state index < -0.39 is 24.0 Å². The van der Waals surface area contributed by atoms with Gasteiger partial charge in [0.25, 0.3) is 6.16 Å². The number of benzene rings is 1. The maximum Gasteiger partial charge on any atom is 0.412 e. The summed E-state index contributed by atoms with van der Waals surface area (Å²) >= 11 is 1.31. The van der Waals surface area contributed by atoms with E-state index in [2.05, 4.69) is 16.9 Å². The number of fused-ring (bicyclic) bond motifs is 1. The molecule has 0 aliphatic rings. The summed E-state index contributed by atoms with van der Waals surface area (Å²) in [6.45, 7) is 8.92. The Hall–Kier alpha value is -2.61. The fraction of sp³-hybridized carbons (Fsp3) is 0.353. The summed E-state index contributed by atoms with van der Waals surface area (Å²) in [6.07, 6.45) is -1.10. The molecule has 1 unspecified atom stereocenters. The van der Waals surface area contributed by atoms with Crippen molar-refractivity contribution in [2.45, 2.75) is 38.9 Å². The lowest BCUT2D eigenvalue weighted by Crippen LogP contribution is -2.27. The van der Waals surface area contributed by atoms with Crippen molar-refractivity contribution in [1.29, 1.82) is 0 Å². The van der Waals surface area contributed by atoms with Crippen LogP contribution in [0.4, 0.5) is 15.3 Å². The summed E-state index contributed by atoms with van der Waals surface area (Å²) in [5.74, 6) is 0. The van der Waals surface area contributed by atoms with Crippen LogP contribution < -0.4 is 10.4 Å². The Morgan fingerprint density at radius 2 is 2.16 bits per heavy atom. The molecule has 0 fully saturated rings. The molecule has 1 aromatic heterocycles. The Morgan fingerprint density at radius 1 is 1.44 bits per heavy atom. The van der Waals surface area contributed by atoms with Crippen molar-refractivity contribution < 1.29 is 24.2 Å². The van der Waals surface area contributed by atoms with Gasteiger partial charge in [-0.25, -0.2) is 9.78 Å². The van der Waals surface area contributed by atoms with Crippen LogP contribution in [0, 0.1) is 0 Å². The SMILES string of the molecule is C=CCC(OC(=O)[O-])c1nc2cc(NC(=O)OC(C)(C)C)ccc2s1. The molecule has 0 aliphatic heterocycles. The zero-order valence-corrected chi connectivity index (χ0v) is 15.0. The summed E-state index contributed by atoms with van der Waals surface area (Å²) in [4.78, 5) is 26.9. The Labute approximate surface area is 149 Å². The summed E-state index contributed by atoms with van der Waals surface area (Å²) in [7, 11) is 0. The van der Waals surface area contributed by atoms with Crippen molar-refractivity contribution in [3.8, 4) is 0 Å². The van der Waals surface area contributed by atoms with Crippen molar-refractivity contribution in [2.24, 2.45) is 0 Å². The van der Waals surface area contributed by atoms with Gasteiger partial charge in [-0.2, -0.15) is 0 Å². The number of nitrogens with zero attached hydrogens (tertiary/aromatic N) is 1. The predicted molar refractivity (Wildman–Crippen MR) is 93.5 cm³/mol. The third kappa shape index (κ3) is 5.46. The average Bonchev–Trinajstić information content (AvgIpc) is 2.87. The van der Waals surface area contributed by atoms with E-state index in [1.54, 1.807) is 45.0 Å². The first-order valence-electron chi connectivity index (χ1n) is 7.57. The van der Waals surface area contributed by atoms with E-state index >= 15 is 0 Å². The molecule has 0 aliphatic carbocycles. The Balaban J connectivity index is 2.21. The number of rotatable bonds is 5. The van der Waals surface area contributed by atoms with Crippen molar-refractivity contribution in [3.63, 3.8) is 0 Å². The molecule has 1 aromatic carbocycles. The van der Waals surface area contributed by atoms with Gasteiger partial charge in [-0.15, -0.1) is 17.9 Å². The molecular weight excluding hydrogens is 344 g/mol. The van der Waals surface area contributed by atoms with Crippen LogP contribution in [0.25, 0.3) is 10.2 Å². The van der Waals surface area contributed by atoms with Gasteiger partial charge in [0.1, 0.15) is 10.6 Å². The zero-order chi connectivity index (χ0) is 18.6. The Morgan fingerprint density at radius 3 is 2.76 bits per heavy atom. The van der Waals surface area contributed by atoms with E-state index in [0.29, 0.717) is 16.2 Å². The Kier molecular flexibility index (Phi) is 5.63. The molecule has 1 atom stereocenters. The van der Waals surface area contributed by atoms with Gasteiger partial charge in [-0.05, 0) is 45.4 Å². The topological polar surface area (TPSA) is 101 Å². The van der Waals surface area contributed by atoms with Crippen molar-refractivity contribution >= 4 is 39.5 Å². The van der Waals surface area contributed by atoms with Gasteiger partial charge in [0.05, 0.1) is 16.3 Å². The molecule has 134 valence electrons. The van der Waals surface area contributed by atoms with Gasteiger partial charge in [-0.1, -0.05) is 6.08 Å². The van der Waals surface area contributed by atoms with Crippen LogP contribution in [0.5, 0.6) is 0 Å². The third-order valence-electron chi connectivity index (χ3n) is 2.94. The van der Waals surface area contributed by atoms with Gasteiger partial charge < -0.3 is 19.4 Å². The molecule has 2 rings (SSSR count). The monoisotopic (exact) mass is 363 g/mol. The summed E-state index contributed by atoms with van der Waals surface area (Å²) in [5.41, 5.74) is 0.548. The Bertz CT molecular complexity index is 794. The standard InChI is InChI=1S/C17H20N2O5S/c1-5-6-12(23-16(21)22)14-19-11-9-10(7-8-13(11)25-14)18-15(20)24-17(2,3)4/h5,7-9,12H,1,6H2,2-4H3,(H,18,20)(H,21,22)/p-1. The van der Waals surface area contributed by atoms with E-state index in [9.17, 15) is 14.7 Å². The second-order valence-corrected chi connectivity index (χ2v) is 7.30. The number of amides is 1. The van der Waals surface area contributed by atoms with Crippen LogP contribution in [0.1, 0.15) is 38.3 Å². The number of hydrogen-bond acceptors (Lipinski definition) is 7. The smallest absolute Gasteiger partial charge is 0.412 e. The number of hydrogen-bond donors (Lipinski definition) is 1. The molecule has 1 amide bonds. The minimum absolute atomic E-state index is 0.289. The van der Waals surface area contributed by atoms with E-state index in [-0.39, 0.29) is 6.42 Å². The van der Waals surface area contributed by atoms with E-state index in [1.165, 1.54) is 11.3 Å². The van der Waals surface area contributed by atoms with Crippen LogP contribution in [0.3, 0.4) is 0 Å². The van der Waals surface area contributed by atoms with Crippen LogP contribution >= 0.6 is 11.3 Å². The third-order valence-corrected chi connectivity index (χ3v) is 4.07. The van der Waals surface area contributed by atoms with Crippen molar-refractivity contribution in [2.75, 3.05) is 5.32 Å². The first kappa shape index (κ1) is 18.7. The average molecular weight is 363 g/mol. The van der Waals surface area contributed by atoms with E-state index in [0.717, 1.165) is 4.70 Å². The van der Waals surface area contributed by atoms with Gasteiger partial charge in [-0.3, -0.25) is 5.32 Å². The summed E-state index contributed by atoms with van der Waals surface area (Å²) in [5, 5.41) is 13.8. The minimum Gasteiger partial charge on any atom is -0.539 e. The summed E-state index contributed by atoms with van der Waals surface area (Å²) < 4.78 is 10.8. The first-order chi connectivity index (χ1) is 11.7. The maximum absolute atomic E-state index is 11.8. The fourth-order valence-corrected chi connectivity index (χ4v) is 3.04. The van der Waals surface area contributed by atoms with Crippen LogP contribution in [0.2, 0.25) is 0 Å². The number of anilines is 1. The highest BCUT2D eigenvalue weighted by atomic mass is 32.1. The molecule has 0 spiro atoms. The van der Waals surface area contributed by atoms with Gasteiger partial charge in [0.2, 0.25) is 0 Å². The van der Waals surface area contributed by atoms with Crippen LogP contribution in [0.15, 0.2) is 30.9 Å². The van der Waals surface area contributed by atoms with Crippen LogP contribution in [-0.2, 0) is 9.47 Å². The molecular formula is C17H19N2O5S-. The number of thiazole rings is 1. The van der Waals surface area contributed by atoms with Crippen molar-refractivity contribution in [3.05, 3.63) is 35.9 Å². The lowest BCUT2D eigenvalue weighted by molar-refractivity contribution is -0.288. The normalized spacial score (nSPS) is 12.4. The lowest BCUT2D eigenvalue weighted by atomic mass is 10.2. The number of carboxylic acid groups (broad SMARTS) is 1. The number of ether oxygens (including phenoxy) is 2. The minimum atomic E-state index is -1.61. The molecule has 1 heterocycles. The number of aromatic nitrogens is 1. The fourth-order valence-electron chi connectivity index (χ4n) is 2.05. The molecule has 7 nitrogen and oxygen atoms in total. The largest absolute Gasteiger partial charge is 0.539 e. The molecule has 0 radical (unpaired) electrons. The molecule has 2 aromatic rings. The van der Waals surface area contributed by atoms with Crippen molar-refractivity contribution in [1.82, 2.24) is 4.98 Å². The van der Waals surface area contributed by atoms with Crippen LogP contribution in [-0.4, -0.2) is 22.8 Å². The molecule has 1 N–H and O–H groups in total. The zero-order valence-electron chi connectivity index (χ0n) is 14.2. The molecule has 8 heteroatoms. The van der Waals surface area contributed by atoms with Gasteiger partial charge in [0.15, 0.2) is 0 Å². The number of nitrogens with one attached hydrogen (secondary N) is 1. The summed E-state index contributed by atoms with van der Waals surface area (Å²) in [6, 6.07) is 5.19. The highest BCUT2D eigenvalue weighted by molar-refractivity contribution is 7.18. The molecule has 0 saturated heterocycles. The second kappa shape index (κ2) is 7.52. The highest BCUT2D eigenvalue weighted by Crippen LogP contribution is 2.32. The molecule has 0 saturated carbocycles. The first-order valence-corrected chi connectivity index (χ1v) is 8.38.